The number of fused-ring (bicyclic) bond motifs is 1. The van der Waals surface area contributed by atoms with E-state index < -0.39 is 49.0 Å². The Bertz CT molecular complexity index is 1120. The van der Waals surface area contributed by atoms with Crippen molar-refractivity contribution in [2.45, 2.75) is 63.3 Å². The molecule has 10 heteroatoms. The summed E-state index contributed by atoms with van der Waals surface area (Å²) in [5, 5.41) is 12.4. The summed E-state index contributed by atoms with van der Waals surface area (Å²) < 4.78 is 36.0. The van der Waals surface area contributed by atoms with Crippen LogP contribution < -0.4 is 14.8 Å². The van der Waals surface area contributed by atoms with Gasteiger partial charge in [0.1, 0.15) is 35.9 Å². The number of rotatable bonds is 10. The third kappa shape index (κ3) is 6.33. The molecule has 2 aromatic rings. The summed E-state index contributed by atoms with van der Waals surface area (Å²) in [7, 11) is 1.58. The van der Waals surface area contributed by atoms with E-state index in [2.05, 4.69) is 11.9 Å². The second-order valence-corrected chi connectivity index (χ2v) is 9.11. The average molecular weight is 528 g/mol. The van der Waals surface area contributed by atoms with Crippen LogP contribution in [-0.2, 0) is 35.0 Å². The fourth-order valence-electron chi connectivity index (χ4n) is 4.51. The first-order chi connectivity index (χ1) is 18.3. The van der Waals surface area contributed by atoms with Gasteiger partial charge in [-0.05, 0) is 37.1 Å². The van der Waals surface area contributed by atoms with Gasteiger partial charge in [-0.3, -0.25) is 4.79 Å². The molecule has 7 unspecified atom stereocenters. The number of carbonyl (C=O) groups excluding carboxylic acids is 1. The van der Waals surface area contributed by atoms with Gasteiger partial charge in [0.25, 0.3) is 0 Å². The molecule has 38 heavy (non-hydrogen) atoms. The number of ether oxygens (including phenoxy) is 6. The van der Waals surface area contributed by atoms with Crippen LogP contribution >= 0.6 is 0 Å². The summed E-state index contributed by atoms with van der Waals surface area (Å²) in [5.74, 6) is -0.282. The number of benzene rings is 2. The number of nitrogens with one attached hydrogen (secondary N) is 1. The number of amides is 1. The molecule has 2 aromatic carbocycles. The Morgan fingerprint density at radius 2 is 1.92 bits per heavy atom. The lowest BCUT2D eigenvalue weighted by Gasteiger charge is -2.49. The van der Waals surface area contributed by atoms with Crippen molar-refractivity contribution in [2.24, 2.45) is 0 Å². The molecule has 0 aliphatic carbocycles. The molecule has 1 amide bonds. The Morgan fingerprint density at radius 3 is 2.58 bits per heavy atom. The molecule has 10 nitrogen and oxygen atoms in total. The zero-order valence-corrected chi connectivity index (χ0v) is 21.6. The molecule has 2 aliphatic rings. The molecular formula is C28H33NO9. The fraction of sp³-hybridized carbons (Fsp3) is 0.429. The topological polar surface area (TPSA) is 122 Å². The molecule has 0 aromatic heterocycles. The molecule has 2 saturated heterocycles. The SMILES string of the molecule is C=CCc1ccccc1OC1OC2COC(c3ccc(OC)cc3)OC2C(OC(C)C(=O)O)C1NC(C)=O. The maximum Gasteiger partial charge on any atom is 0.332 e. The summed E-state index contributed by atoms with van der Waals surface area (Å²) in [5.41, 5.74) is 1.61. The van der Waals surface area contributed by atoms with Crippen LogP contribution in [0.25, 0.3) is 0 Å². The van der Waals surface area contributed by atoms with E-state index in [4.69, 9.17) is 28.4 Å². The fourth-order valence-corrected chi connectivity index (χ4v) is 4.51. The molecule has 2 N–H and O–H groups in total. The number of hydrogen-bond acceptors (Lipinski definition) is 8. The van der Waals surface area contributed by atoms with Gasteiger partial charge >= 0.3 is 5.97 Å². The van der Waals surface area contributed by atoms with Gasteiger partial charge in [-0.15, -0.1) is 6.58 Å². The van der Waals surface area contributed by atoms with Crippen molar-refractivity contribution in [3.8, 4) is 11.5 Å². The summed E-state index contributed by atoms with van der Waals surface area (Å²) in [6.07, 6.45) is -2.99. The predicted molar refractivity (Wildman–Crippen MR) is 136 cm³/mol. The van der Waals surface area contributed by atoms with Crippen LogP contribution in [-0.4, -0.2) is 67.4 Å². The molecule has 2 heterocycles. The van der Waals surface area contributed by atoms with Crippen LogP contribution in [0.1, 0.15) is 31.3 Å². The third-order valence-corrected chi connectivity index (χ3v) is 6.39. The van der Waals surface area contributed by atoms with Crippen molar-refractivity contribution in [1.82, 2.24) is 5.32 Å². The van der Waals surface area contributed by atoms with Crippen LogP contribution in [0, 0.1) is 0 Å². The first-order valence-corrected chi connectivity index (χ1v) is 12.4. The zero-order valence-electron chi connectivity index (χ0n) is 21.6. The van der Waals surface area contributed by atoms with Gasteiger partial charge in [0.2, 0.25) is 12.2 Å². The van der Waals surface area contributed by atoms with Gasteiger partial charge in [-0.2, -0.15) is 0 Å². The van der Waals surface area contributed by atoms with Crippen molar-refractivity contribution in [1.29, 1.82) is 0 Å². The molecular weight excluding hydrogens is 494 g/mol. The number of carboxylic acid groups (broad SMARTS) is 1. The Hall–Kier alpha value is -3.44. The van der Waals surface area contributed by atoms with Gasteiger partial charge in [-0.25, -0.2) is 4.79 Å². The normalized spacial score (nSPS) is 27.4. The van der Waals surface area contributed by atoms with Gasteiger partial charge in [0.05, 0.1) is 13.7 Å². The smallest absolute Gasteiger partial charge is 0.332 e. The third-order valence-electron chi connectivity index (χ3n) is 6.39. The van der Waals surface area contributed by atoms with E-state index in [1.165, 1.54) is 13.8 Å². The van der Waals surface area contributed by atoms with E-state index in [0.717, 1.165) is 11.1 Å². The summed E-state index contributed by atoms with van der Waals surface area (Å²) >= 11 is 0. The van der Waals surface area contributed by atoms with Crippen molar-refractivity contribution < 1.29 is 43.1 Å². The minimum Gasteiger partial charge on any atom is -0.497 e. The van der Waals surface area contributed by atoms with Crippen molar-refractivity contribution in [3.05, 3.63) is 72.3 Å². The van der Waals surface area contributed by atoms with E-state index in [1.54, 1.807) is 31.4 Å². The molecule has 2 aliphatic heterocycles. The second kappa shape index (κ2) is 12.4. The summed E-state index contributed by atoms with van der Waals surface area (Å²) in [4.78, 5) is 24.0. The Kier molecular flexibility index (Phi) is 9.01. The summed E-state index contributed by atoms with van der Waals surface area (Å²) in [6.45, 7) is 6.71. The minimum atomic E-state index is -1.19. The number of carboxylic acids is 1. The first kappa shape index (κ1) is 27.6. The van der Waals surface area contributed by atoms with E-state index in [-0.39, 0.29) is 12.5 Å². The molecule has 0 saturated carbocycles. The zero-order chi connectivity index (χ0) is 27.2. The van der Waals surface area contributed by atoms with Gasteiger partial charge in [0, 0.05) is 12.5 Å². The number of allylic oxidation sites excluding steroid dienone is 1. The number of carbonyl (C=O) groups is 2. The average Bonchev–Trinajstić information content (AvgIpc) is 2.91. The van der Waals surface area contributed by atoms with Crippen molar-refractivity contribution >= 4 is 11.9 Å². The molecule has 7 atom stereocenters. The number of hydrogen-bond donors (Lipinski definition) is 2. The van der Waals surface area contributed by atoms with Crippen LogP contribution in [0.2, 0.25) is 0 Å². The van der Waals surface area contributed by atoms with Crippen LogP contribution in [0.15, 0.2) is 61.2 Å². The summed E-state index contributed by atoms with van der Waals surface area (Å²) in [6, 6.07) is 13.7. The Labute approximate surface area is 221 Å². The van der Waals surface area contributed by atoms with Crippen LogP contribution in [0.3, 0.4) is 0 Å². The lowest BCUT2D eigenvalue weighted by molar-refractivity contribution is -0.340. The largest absolute Gasteiger partial charge is 0.497 e. The van der Waals surface area contributed by atoms with E-state index >= 15 is 0 Å². The Morgan fingerprint density at radius 1 is 1.18 bits per heavy atom. The molecule has 2 fully saturated rings. The maximum atomic E-state index is 12.3. The molecule has 0 radical (unpaired) electrons. The Balaban J connectivity index is 1.65. The van der Waals surface area contributed by atoms with Crippen LogP contribution in [0.5, 0.6) is 11.5 Å². The highest BCUT2D eigenvalue weighted by Gasteiger charge is 2.53. The highest BCUT2D eigenvalue weighted by Crippen LogP contribution is 2.37. The molecule has 0 bridgehead atoms. The van der Waals surface area contributed by atoms with E-state index in [1.807, 2.05) is 30.3 Å². The molecule has 0 spiro atoms. The van der Waals surface area contributed by atoms with Crippen LogP contribution in [0.4, 0.5) is 0 Å². The van der Waals surface area contributed by atoms with Gasteiger partial charge in [0.15, 0.2) is 12.4 Å². The number of para-hydroxylation sites is 1. The minimum absolute atomic E-state index is 0.129. The first-order valence-electron chi connectivity index (χ1n) is 12.4. The number of aliphatic carboxylic acids is 1. The molecule has 204 valence electrons. The highest BCUT2D eigenvalue weighted by atomic mass is 16.8. The lowest BCUT2D eigenvalue weighted by Crippen LogP contribution is -2.68. The standard InChI is InChI=1S/C28H33NO9/c1-5-8-18-9-6-7-10-21(18)36-28-23(29-17(3)30)25(35-16(2)26(31)32)24-22(37-28)15-34-27(38-24)19-11-13-20(33-4)14-12-19/h5-7,9-14,16,22-25,27-28H,1,8,15H2,2-4H3,(H,29,30)(H,31,32). The van der Waals surface area contributed by atoms with Gasteiger partial charge < -0.3 is 38.8 Å². The highest BCUT2D eigenvalue weighted by molar-refractivity contribution is 5.73. The van der Waals surface area contributed by atoms with Gasteiger partial charge in [-0.1, -0.05) is 36.4 Å². The molecule has 4 rings (SSSR count). The second-order valence-electron chi connectivity index (χ2n) is 9.11. The quantitative estimate of drug-likeness (QED) is 0.449. The lowest BCUT2D eigenvalue weighted by atomic mass is 9.95. The van der Waals surface area contributed by atoms with E-state index in [0.29, 0.717) is 17.9 Å². The maximum absolute atomic E-state index is 12.3. The van der Waals surface area contributed by atoms with Crippen molar-refractivity contribution in [2.75, 3.05) is 13.7 Å². The number of methoxy groups -OCH3 is 1. The van der Waals surface area contributed by atoms with E-state index in [9.17, 15) is 14.7 Å². The predicted octanol–water partition coefficient (Wildman–Crippen LogP) is 3.00. The monoisotopic (exact) mass is 527 g/mol. The van der Waals surface area contributed by atoms with Crippen molar-refractivity contribution in [3.63, 3.8) is 0 Å².